The molecule has 2 unspecified atom stereocenters. The van der Waals surface area contributed by atoms with E-state index in [0.29, 0.717) is 11.0 Å². The number of rotatable bonds is 4. The summed E-state index contributed by atoms with van der Waals surface area (Å²) in [6.07, 6.45) is 9.53. The van der Waals surface area contributed by atoms with Gasteiger partial charge in [-0.3, -0.25) is 4.90 Å². The molecule has 2 aliphatic rings. The fourth-order valence-electron chi connectivity index (χ4n) is 4.15. The molecule has 3 heteroatoms. The summed E-state index contributed by atoms with van der Waals surface area (Å²) in [6.45, 7) is 5.64. The van der Waals surface area contributed by atoms with Crippen molar-refractivity contribution in [2.24, 2.45) is 17.6 Å². The van der Waals surface area contributed by atoms with Crippen molar-refractivity contribution in [1.29, 1.82) is 0 Å². The van der Waals surface area contributed by atoms with Crippen LogP contribution in [0.3, 0.4) is 0 Å². The highest BCUT2D eigenvalue weighted by molar-refractivity contribution is 7.80. The fourth-order valence-corrected chi connectivity index (χ4v) is 4.30. The zero-order valence-electron chi connectivity index (χ0n) is 11.9. The van der Waals surface area contributed by atoms with E-state index in [1.54, 1.807) is 0 Å². The van der Waals surface area contributed by atoms with Crippen LogP contribution in [0.5, 0.6) is 0 Å². The van der Waals surface area contributed by atoms with Crippen molar-refractivity contribution in [3.8, 4) is 0 Å². The molecular weight excluding hydrogens is 240 g/mol. The Morgan fingerprint density at radius 1 is 1.06 bits per heavy atom. The number of hydrogen-bond donors (Lipinski definition) is 1. The molecule has 0 bridgehead atoms. The highest BCUT2D eigenvalue weighted by atomic mass is 32.1. The van der Waals surface area contributed by atoms with E-state index in [2.05, 4.69) is 18.7 Å². The summed E-state index contributed by atoms with van der Waals surface area (Å²) in [6, 6.07) is 1.46. The molecule has 2 fully saturated rings. The third-order valence-corrected chi connectivity index (χ3v) is 4.88. The van der Waals surface area contributed by atoms with E-state index in [4.69, 9.17) is 18.0 Å². The standard InChI is InChI=1S/C15H28N2S/c1-11-7-12(2)9-14(8-11)17(10-15(16)18)13-5-3-4-6-13/h11-14H,3-10H2,1-2H3,(H2,16,18). The molecule has 0 aromatic heterocycles. The molecule has 2 N–H and O–H groups in total. The first-order valence-corrected chi connectivity index (χ1v) is 8.01. The average molecular weight is 268 g/mol. The van der Waals surface area contributed by atoms with Gasteiger partial charge in [-0.25, -0.2) is 0 Å². The summed E-state index contributed by atoms with van der Waals surface area (Å²) in [5.41, 5.74) is 5.83. The Labute approximate surface area is 117 Å². The molecule has 2 saturated carbocycles. The summed E-state index contributed by atoms with van der Waals surface area (Å²) in [7, 11) is 0. The lowest BCUT2D eigenvalue weighted by Gasteiger charge is -2.42. The van der Waals surface area contributed by atoms with E-state index in [-0.39, 0.29) is 0 Å². The van der Waals surface area contributed by atoms with Gasteiger partial charge in [-0.2, -0.15) is 0 Å². The van der Waals surface area contributed by atoms with E-state index < -0.39 is 0 Å². The second-order valence-electron chi connectivity index (χ2n) is 6.65. The van der Waals surface area contributed by atoms with E-state index in [1.165, 1.54) is 44.9 Å². The Morgan fingerprint density at radius 3 is 2.11 bits per heavy atom. The van der Waals surface area contributed by atoms with E-state index in [1.807, 2.05) is 0 Å². The van der Waals surface area contributed by atoms with Crippen molar-refractivity contribution in [2.75, 3.05) is 6.54 Å². The first-order chi connectivity index (χ1) is 8.56. The van der Waals surface area contributed by atoms with Crippen molar-refractivity contribution in [3.63, 3.8) is 0 Å². The first-order valence-electron chi connectivity index (χ1n) is 7.60. The van der Waals surface area contributed by atoms with Gasteiger partial charge < -0.3 is 5.73 Å². The Kier molecular flexibility index (Phi) is 5.02. The summed E-state index contributed by atoms with van der Waals surface area (Å²) >= 11 is 5.17. The zero-order valence-corrected chi connectivity index (χ0v) is 12.7. The van der Waals surface area contributed by atoms with Gasteiger partial charge >= 0.3 is 0 Å². The highest BCUT2D eigenvalue weighted by Crippen LogP contribution is 2.35. The van der Waals surface area contributed by atoms with Crippen molar-refractivity contribution >= 4 is 17.2 Å². The third kappa shape index (κ3) is 3.67. The monoisotopic (exact) mass is 268 g/mol. The number of thiocarbonyl (C=S) groups is 1. The van der Waals surface area contributed by atoms with Crippen molar-refractivity contribution in [2.45, 2.75) is 70.9 Å². The molecule has 0 saturated heterocycles. The summed E-state index contributed by atoms with van der Waals surface area (Å²) < 4.78 is 0. The second kappa shape index (κ2) is 6.33. The first kappa shape index (κ1) is 14.3. The summed E-state index contributed by atoms with van der Waals surface area (Å²) in [5.74, 6) is 1.71. The molecule has 0 amide bonds. The zero-order chi connectivity index (χ0) is 13.1. The van der Waals surface area contributed by atoms with Gasteiger partial charge in [0.05, 0.1) is 4.99 Å². The van der Waals surface area contributed by atoms with Gasteiger partial charge in [-0.05, 0) is 43.9 Å². The maximum absolute atomic E-state index is 5.83. The minimum Gasteiger partial charge on any atom is -0.392 e. The van der Waals surface area contributed by atoms with Crippen molar-refractivity contribution < 1.29 is 0 Å². The lowest BCUT2D eigenvalue weighted by atomic mass is 9.79. The molecule has 104 valence electrons. The maximum Gasteiger partial charge on any atom is 0.0870 e. The number of nitrogens with zero attached hydrogens (tertiary/aromatic N) is 1. The van der Waals surface area contributed by atoms with Crippen LogP contribution in [0.15, 0.2) is 0 Å². The van der Waals surface area contributed by atoms with E-state index in [0.717, 1.165) is 24.4 Å². The van der Waals surface area contributed by atoms with Gasteiger partial charge in [0.25, 0.3) is 0 Å². The minimum absolute atomic E-state index is 0.674. The Bertz CT molecular complexity index is 276. The topological polar surface area (TPSA) is 29.3 Å². The Hall–Kier alpha value is -0.150. The smallest absolute Gasteiger partial charge is 0.0870 e. The molecule has 0 aliphatic heterocycles. The van der Waals surface area contributed by atoms with Crippen LogP contribution >= 0.6 is 12.2 Å². The van der Waals surface area contributed by atoms with Gasteiger partial charge in [-0.15, -0.1) is 0 Å². The van der Waals surface area contributed by atoms with Crippen LogP contribution in [0.25, 0.3) is 0 Å². The summed E-state index contributed by atoms with van der Waals surface area (Å²) in [5, 5.41) is 0. The van der Waals surface area contributed by atoms with E-state index in [9.17, 15) is 0 Å². The average Bonchev–Trinajstić information content (AvgIpc) is 2.77. The Morgan fingerprint density at radius 2 is 1.61 bits per heavy atom. The molecule has 2 nitrogen and oxygen atoms in total. The quantitative estimate of drug-likeness (QED) is 0.793. The fraction of sp³-hybridized carbons (Fsp3) is 0.933. The SMILES string of the molecule is CC1CC(C)CC(N(CC(N)=S)C2CCCC2)C1. The number of hydrogen-bond acceptors (Lipinski definition) is 2. The van der Waals surface area contributed by atoms with Gasteiger partial charge in [0.1, 0.15) is 0 Å². The molecule has 0 aromatic carbocycles. The Balaban J connectivity index is 2.04. The van der Waals surface area contributed by atoms with Crippen molar-refractivity contribution in [1.82, 2.24) is 4.90 Å². The molecule has 0 spiro atoms. The van der Waals surface area contributed by atoms with Crippen LogP contribution in [-0.2, 0) is 0 Å². The predicted molar refractivity (Wildman–Crippen MR) is 81.7 cm³/mol. The largest absolute Gasteiger partial charge is 0.392 e. The van der Waals surface area contributed by atoms with Gasteiger partial charge in [-0.1, -0.05) is 38.9 Å². The molecule has 2 atom stereocenters. The van der Waals surface area contributed by atoms with E-state index >= 15 is 0 Å². The van der Waals surface area contributed by atoms with Crippen LogP contribution in [0.1, 0.15) is 58.8 Å². The van der Waals surface area contributed by atoms with Crippen LogP contribution in [-0.4, -0.2) is 28.5 Å². The van der Waals surface area contributed by atoms with Gasteiger partial charge in [0.2, 0.25) is 0 Å². The molecule has 2 rings (SSSR count). The predicted octanol–water partition coefficient (Wildman–Crippen LogP) is 3.34. The highest BCUT2D eigenvalue weighted by Gasteiger charge is 2.33. The molecule has 0 radical (unpaired) electrons. The third-order valence-electron chi connectivity index (χ3n) is 4.75. The molecule has 0 heterocycles. The summed E-state index contributed by atoms with van der Waals surface area (Å²) in [4.78, 5) is 3.33. The maximum atomic E-state index is 5.83. The second-order valence-corrected chi connectivity index (χ2v) is 7.17. The van der Waals surface area contributed by atoms with Crippen LogP contribution in [0.2, 0.25) is 0 Å². The van der Waals surface area contributed by atoms with Gasteiger partial charge in [0, 0.05) is 18.6 Å². The normalized spacial score (nSPS) is 34.1. The molecule has 0 aromatic rings. The van der Waals surface area contributed by atoms with Crippen LogP contribution in [0.4, 0.5) is 0 Å². The molecule has 2 aliphatic carbocycles. The molecule has 18 heavy (non-hydrogen) atoms. The van der Waals surface area contributed by atoms with Crippen molar-refractivity contribution in [3.05, 3.63) is 0 Å². The molecular formula is C15H28N2S. The lowest BCUT2D eigenvalue weighted by Crippen LogP contribution is -2.48. The van der Waals surface area contributed by atoms with Gasteiger partial charge in [0.15, 0.2) is 0 Å². The minimum atomic E-state index is 0.674. The van der Waals surface area contributed by atoms with Crippen LogP contribution in [0, 0.1) is 11.8 Å². The van der Waals surface area contributed by atoms with Crippen LogP contribution < -0.4 is 5.73 Å². The lowest BCUT2D eigenvalue weighted by molar-refractivity contribution is 0.0874. The number of nitrogens with two attached hydrogens (primary N) is 1.